The van der Waals surface area contributed by atoms with E-state index < -0.39 is 31.1 Å². The van der Waals surface area contributed by atoms with E-state index in [1.807, 2.05) is 0 Å². The van der Waals surface area contributed by atoms with Crippen molar-refractivity contribution >= 4 is 11.9 Å². The second kappa shape index (κ2) is 5.68. The molecule has 0 saturated heterocycles. The number of halogens is 3. The molecule has 0 atom stereocenters. The Morgan fingerprint density at radius 2 is 2.00 bits per heavy atom. The van der Waals surface area contributed by atoms with Gasteiger partial charge in [0.05, 0.1) is 0 Å². The molecule has 1 heterocycles. The number of aromatic nitrogens is 1. The SMILES string of the molecule is Cc1cccc(C(=O)N(CC(=O)O)CC(F)(F)F)n1. The van der Waals surface area contributed by atoms with E-state index in [0.717, 1.165) is 0 Å². The van der Waals surface area contributed by atoms with Crippen LogP contribution >= 0.6 is 0 Å². The Morgan fingerprint density at radius 1 is 1.37 bits per heavy atom. The molecule has 0 unspecified atom stereocenters. The zero-order chi connectivity index (χ0) is 14.6. The fourth-order valence-corrected chi connectivity index (χ4v) is 1.40. The van der Waals surface area contributed by atoms with Crippen LogP contribution in [0, 0.1) is 6.92 Å². The Labute approximate surface area is 106 Å². The standard InChI is InChI=1S/C11H11F3N2O3/c1-7-3-2-4-8(15-7)10(19)16(5-9(17)18)6-11(12,13)14/h2-4H,5-6H2,1H3,(H,17,18). The van der Waals surface area contributed by atoms with Gasteiger partial charge in [-0.2, -0.15) is 13.2 Å². The summed E-state index contributed by atoms with van der Waals surface area (Å²) in [6, 6.07) is 4.27. The predicted octanol–water partition coefficient (Wildman–Crippen LogP) is 1.48. The van der Waals surface area contributed by atoms with Crippen molar-refractivity contribution in [2.24, 2.45) is 0 Å². The molecule has 0 aliphatic rings. The zero-order valence-corrected chi connectivity index (χ0v) is 9.94. The number of hydrogen-bond acceptors (Lipinski definition) is 3. The van der Waals surface area contributed by atoms with E-state index in [9.17, 15) is 22.8 Å². The summed E-state index contributed by atoms with van der Waals surface area (Å²) >= 11 is 0. The van der Waals surface area contributed by atoms with Gasteiger partial charge < -0.3 is 10.0 Å². The molecule has 1 aromatic rings. The van der Waals surface area contributed by atoms with Crippen LogP contribution in [0.1, 0.15) is 16.2 Å². The molecule has 0 bridgehead atoms. The quantitative estimate of drug-likeness (QED) is 0.904. The van der Waals surface area contributed by atoms with Crippen LogP contribution in [0.3, 0.4) is 0 Å². The third kappa shape index (κ3) is 4.94. The number of carboxylic acids is 1. The summed E-state index contributed by atoms with van der Waals surface area (Å²) in [6.07, 6.45) is -4.67. The Hall–Kier alpha value is -2.12. The number of alkyl halides is 3. The summed E-state index contributed by atoms with van der Waals surface area (Å²) in [5.41, 5.74) is 0.235. The third-order valence-corrected chi connectivity index (χ3v) is 2.09. The van der Waals surface area contributed by atoms with Gasteiger partial charge in [0.25, 0.3) is 5.91 Å². The number of nitrogens with zero attached hydrogens (tertiary/aromatic N) is 2. The van der Waals surface area contributed by atoms with Crippen molar-refractivity contribution in [2.75, 3.05) is 13.1 Å². The molecule has 0 aromatic carbocycles. The van der Waals surface area contributed by atoms with Gasteiger partial charge in [0.15, 0.2) is 0 Å². The van der Waals surface area contributed by atoms with Crippen molar-refractivity contribution in [3.05, 3.63) is 29.6 Å². The Balaban J connectivity index is 2.97. The maximum Gasteiger partial charge on any atom is 0.406 e. The number of rotatable bonds is 4. The number of pyridine rings is 1. The maximum absolute atomic E-state index is 12.3. The van der Waals surface area contributed by atoms with Crippen LogP contribution in [0.25, 0.3) is 0 Å². The second-order valence-corrected chi connectivity index (χ2v) is 3.83. The number of amides is 1. The highest BCUT2D eigenvalue weighted by atomic mass is 19.4. The number of hydrogen-bond donors (Lipinski definition) is 1. The van der Waals surface area contributed by atoms with Crippen molar-refractivity contribution in [3.63, 3.8) is 0 Å². The first-order valence-electron chi connectivity index (χ1n) is 5.20. The predicted molar refractivity (Wildman–Crippen MR) is 58.6 cm³/mol. The van der Waals surface area contributed by atoms with E-state index >= 15 is 0 Å². The molecule has 1 N–H and O–H groups in total. The third-order valence-electron chi connectivity index (χ3n) is 2.09. The van der Waals surface area contributed by atoms with Crippen molar-refractivity contribution in [2.45, 2.75) is 13.1 Å². The topological polar surface area (TPSA) is 70.5 Å². The number of carbonyl (C=O) groups is 2. The van der Waals surface area contributed by atoms with Crippen molar-refractivity contribution in [1.82, 2.24) is 9.88 Å². The second-order valence-electron chi connectivity index (χ2n) is 3.83. The summed E-state index contributed by atoms with van der Waals surface area (Å²) in [4.78, 5) is 26.3. The van der Waals surface area contributed by atoms with Crippen LogP contribution in [0.4, 0.5) is 13.2 Å². The molecule has 0 aliphatic heterocycles. The number of carbonyl (C=O) groups excluding carboxylic acids is 1. The van der Waals surface area contributed by atoms with Gasteiger partial charge in [-0.3, -0.25) is 9.59 Å². The first-order chi connectivity index (χ1) is 8.69. The smallest absolute Gasteiger partial charge is 0.406 e. The number of carboxylic acid groups (broad SMARTS) is 1. The summed E-state index contributed by atoms with van der Waals surface area (Å²) in [5.74, 6) is -2.59. The fourth-order valence-electron chi connectivity index (χ4n) is 1.40. The molecule has 1 aromatic heterocycles. The number of aliphatic carboxylic acids is 1. The first kappa shape index (κ1) is 14.9. The molecular formula is C11H11F3N2O3. The highest BCUT2D eigenvalue weighted by Gasteiger charge is 2.34. The minimum absolute atomic E-state index is 0.199. The molecule has 1 rings (SSSR count). The van der Waals surface area contributed by atoms with Crippen LogP contribution < -0.4 is 0 Å². The highest BCUT2D eigenvalue weighted by molar-refractivity contribution is 5.94. The van der Waals surface area contributed by atoms with Gasteiger partial charge in [0.2, 0.25) is 0 Å². The van der Waals surface area contributed by atoms with Crippen molar-refractivity contribution < 1.29 is 27.9 Å². The van der Waals surface area contributed by atoms with E-state index in [1.54, 1.807) is 13.0 Å². The minimum Gasteiger partial charge on any atom is -0.480 e. The molecule has 5 nitrogen and oxygen atoms in total. The summed E-state index contributed by atoms with van der Waals surface area (Å²) in [5, 5.41) is 8.55. The molecular weight excluding hydrogens is 265 g/mol. The lowest BCUT2D eigenvalue weighted by atomic mass is 10.2. The van der Waals surface area contributed by atoms with Crippen molar-refractivity contribution in [1.29, 1.82) is 0 Å². The van der Waals surface area contributed by atoms with E-state index in [4.69, 9.17) is 5.11 Å². The number of aryl methyl sites for hydroxylation is 1. The van der Waals surface area contributed by atoms with Crippen molar-refractivity contribution in [3.8, 4) is 0 Å². The Morgan fingerprint density at radius 3 is 2.47 bits per heavy atom. The average Bonchev–Trinajstić information content (AvgIpc) is 2.24. The fraction of sp³-hybridized carbons (Fsp3) is 0.364. The lowest BCUT2D eigenvalue weighted by Crippen LogP contribution is -2.42. The summed E-state index contributed by atoms with van der Waals surface area (Å²) in [6.45, 7) is -1.09. The van der Waals surface area contributed by atoms with E-state index in [2.05, 4.69) is 4.98 Å². The minimum atomic E-state index is -4.67. The van der Waals surface area contributed by atoms with E-state index in [1.165, 1.54) is 12.1 Å². The van der Waals surface area contributed by atoms with Gasteiger partial charge in [-0.05, 0) is 19.1 Å². The van der Waals surface area contributed by atoms with Crippen LogP contribution in [0.2, 0.25) is 0 Å². The molecule has 0 fully saturated rings. The molecule has 0 aliphatic carbocycles. The average molecular weight is 276 g/mol. The molecule has 104 valence electrons. The van der Waals surface area contributed by atoms with Gasteiger partial charge in [-0.15, -0.1) is 0 Å². The van der Waals surface area contributed by atoms with E-state index in [0.29, 0.717) is 5.69 Å². The van der Waals surface area contributed by atoms with Gasteiger partial charge in [-0.25, -0.2) is 4.98 Å². The molecule has 0 spiro atoms. The zero-order valence-electron chi connectivity index (χ0n) is 9.94. The highest BCUT2D eigenvalue weighted by Crippen LogP contribution is 2.17. The Bertz CT molecular complexity index is 488. The van der Waals surface area contributed by atoms with Gasteiger partial charge in [0.1, 0.15) is 18.8 Å². The first-order valence-corrected chi connectivity index (χ1v) is 5.20. The lowest BCUT2D eigenvalue weighted by molar-refractivity contribution is -0.149. The summed E-state index contributed by atoms with van der Waals surface area (Å²) < 4.78 is 36.9. The monoisotopic (exact) mass is 276 g/mol. The molecule has 19 heavy (non-hydrogen) atoms. The molecule has 0 radical (unpaired) electrons. The van der Waals surface area contributed by atoms with Gasteiger partial charge >= 0.3 is 12.1 Å². The normalized spacial score (nSPS) is 11.2. The maximum atomic E-state index is 12.3. The molecule has 0 saturated carbocycles. The van der Waals surface area contributed by atoms with Gasteiger partial charge in [0, 0.05) is 5.69 Å². The molecule has 1 amide bonds. The van der Waals surface area contributed by atoms with E-state index in [-0.39, 0.29) is 10.6 Å². The van der Waals surface area contributed by atoms with Crippen LogP contribution in [-0.4, -0.2) is 46.1 Å². The van der Waals surface area contributed by atoms with Crippen LogP contribution in [0.5, 0.6) is 0 Å². The van der Waals surface area contributed by atoms with Crippen LogP contribution in [-0.2, 0) is 4.79 Å². The lowest BCUT2D eigenvalue weighted by Gasteiger charge is -2.21. The Kier molecular flexibility index (Phi) is 4.47. The largest absolute Gasteiger partial charge is 0.480 e. The molecule has 8 heteroatoms. The van der Waals surface area contributed by atoms with Crippen LogP contribution in [0.15, 0.2) is 18.2 Å². The summed E-state index contributed by atoms with van der Waals surface area (Å²) in [7, 11) is 0. The van der Waals surface area contributed by atoms with Gasteiger partial charge in [-0.1, -0.05) is 6.07 Å².